The Morgan fingerprint density at radius 2 is 1.96 bits per heavy atom. The van der Waals surface area contributed by atoms with Crippen molar-refractivity contribution in [2.45, 2.75) is 58.3 Å². The first kappa shape index (κ1) is 32.5. The Balaban J connectivity index is 1.28. The van der Waals surface area contributed by atoms with Gasteiger partial charge in [0.05, 0.1) is 47.2 Å². The van der Waals surface area contributed by atoms with Crippen molar-refractivity contribution in [2.24, 2.45) is 0 Å². The first-order valence-corrected chi connectivity index (χ1v) is 17.0. The second-order valence-corrected chi connectivity index (χ2v) is 12.9. The van der Waals surface area contributed by atoms with E-state index in [0.29, 0.717) is 53.5 Å². The Morgan fingerprint density at radius 3 is 2.69 bits per heavy atom. The molecule has 0 saturated carbocycles. The maximum absolute atomic E-state index is 16.1. The van der Waals surface area contributed by atoms with Crippen molar-refractivity contribution in [3.63, 3.8) is 0 Å². The summed E-state index contributed by atoms with van der Waals surface area (Å²) in [4.78, 5) is 32.5. The number of nitrogens with zero attached hydrogens (tertiary/aromatic N) is 6. The Kier molecular flexibility index (Phi) is 9.18. The molecular formula is C38H42FN7O3. The molecule has 0 radical (unpaired) electrons. The van der Waals surface area contributed by atoms with Crippen LogP contribution in [0.3, 0.4) is 0 Å². The van der Waals surface area contributed by atoms with E-state index >= 15 is 4.39 Å². The van der Waals surface area contributed by atoms with Gasteiger partial charge in [0.1, 0.15) is 18.2 Å². The summed E-state index contributed by atoms with van der Waals surface area (Å²) < 4.78 is 29.8. The third kappa shape index (κ3) is 6.42. The Labute approximate surface area is 285 Å². The lowest BCUT2D eigenvalue weighted by Crippen LogP contribution is -2.48. The molecule has 0 aliphatic carbocycles. The molecule has 1 saturated heterocycles. The van der Waals surface area contributed by atoms with E-state index in [1.54, 1.807) is 19.5 Å². The van der Waals surface area contributed by atoms with Gasteiger partial charge >= 0.3 is 0 Å². The number of nitrogens with one attached hydrogen (secondary N) is 1. The lowest BCUT2D eigenvalue weighted by molar-refractivity contribution is 0.157. The number of pyridine rings is 4. The zero-order chi connectivity index (χ0) is 34.1. The van der Waals surface area contributed by atoms with Gasteiger partial charge in [-0.3, -0.25) is 14.7 Å². The van der Waals surface area contributed by atoms with Crippen LogP contribution >= 0.6 is 0 Å². The summed E-state index contributed by atoms with van der Waals surface area (Å²) in [5, 5.41) is 3.40. The summed E-state index contributed by atoms with van der Waals surface area (Å²) in [6.45, 7) is 7.14. The van der Waals surface area contributed by atoms with E-state index in [0.717, 1.165) is 55.0 Å². The minimum absolute atomic E-state index is 0.0562. The quantitative estimate of drug-likeness (QED) is 0.187. The van der Waals surface area contributed by atoms with Gasteiger partial charge in [0, 0.05) is 69.5 Å². The summed E-state index contributed by atoms with van der Waals surface area (Å²) in [5.41, 5.74) is 4.97. The maximum atomic E-state index is 16.1. The molecule has 7 rings (SSSR count). The maximum Gasteiger partial charge on any atom is 0.213 e. The minimum atomic E-state index is -0.517. The molecule has 2 aliphatic rings. The Morgan fingerprint density at radius 1 is 1.08 bits per heavy atom. The van der Waals surface area contributed by atoms with Crippen LogP contribution in [0.2, 0.25) is 0 Å². The van der Waals surface area contributed by atoms with Gasteiger partial charge in [-0.2, -0.15) is 0 Å². The molecule has 254 valence electrons. The first-order chi connectivity index (χ1) is 23.9. The lowest BCUT2D eigenvalue weighted by atomic mass is 9.99. The molecular weight excluding hydrogens is 621 g/mol. The average molecular weight is 664 g/mol. The van der Waals surface area contributed by atoms with Crippen molar-refractivity contribution in [1.29, 1.82) is 0 Å². The number of hydrogen-bond donors (Lipinski definition) is 1. The SMILES string of the molecule is CCc1ccc(-c2c(F)cc3c(=O)c(CN(Cc4ccnc(OC)c4)C4CCCN(c5ccc(NC)nc5)C4)cn4c3c2OCC4C)nc1. The molecule has 0 amide bonds. The molecule has 0 spiro atoms. The van der Waals surface area contributed by atoms with Gasteiger partial charge in [0.2, 0.25) is 5.88 Å². The first-order valence-electron chi connectivity index (χ1n) is 17.0. The smallest absolute Gasteiger partial charge is 0.213 e. The molecule has 2 atom stereocenters. The van der Waals surface area contributed by atoms with Crippen LogP contribution in [-0.2, 0) is 19.5 Å². The number of aryl methyl sites for hydroxylation is 1. The van der Waals surface area contributed by atoms with Crippen LogP contribution in [0, 0.1) is 5.82 Å². The van der Waals surface area contributed by atoms with Gasteiger partial charge in [0.25, 0.3) is 0 Å². The van der Waals surface area contributed by atoms with Gasteiger partial charge in [0.15, 0.2) is 11.2 Å². The summed E-state index contributed by atoms with van der Waals surface area (Å²) in [5.74, 6) is 1.22. The highest BCUT2D eigenvalue weighted by atomic mass is 19.1. The molecule has 5 aromatic rings. The summed E-state index contributed by atoms with van der Waals surface area (Å²) in [6.07, 6.45) is 10.2. The molecule has 0 bridgehead atoms. The molecule has 1 fully saturated rings. The number of anilines is 2. The normalized spacial score (nSPS) is 17.3. The number of ether oxygens (including phenoxy) is 2. The van der Waals surface area contributed by atoms with Crippen LogP contribution in [0.4, 0.5) is 15.9 Å². The molecule has 4 aromatic heterocycles. The van der Waals surface area contributed by atoms with Gasteiger partial charge < -0.3 is 24.3 Å². The Hall–Kier alpha value is -5.03. The predicted octanol–water partition coefficient (Wildman–Crippen LogP) is 6.23. The van der Waals surface area contributed by atoms with Gasteiger partial charge in [-0.05, 0) is 67.6 Å². The molecule has 49 heavy (non-hydrogen) atoms. The zero-order valence-corrected chi connectivity index (χ0v) is 28.4. The second-order valence-electron chi connectivity index (χ2n) is 12.9. The number of methoxy groups -OCH3 is 1. The monoisotopic (exact) mass is 663 g/mol. The zero-order valence-electron chi connectivity index (χ0n) is 28.4. The predicted molar refractivity (Wildman–Crippen MR) is 190 cm³/mol. The van der Waals surface area contributed by atoms with Crippen molar-refractivity contribution in [3.05, 3.63) is 100.0 Å². The van der Waals surface area contributed by atoms with Crippen molar-refractivity contribution in [1.82, 2.24) is 24.4 Å². The highest BCUT2D eigenvalue weighted by Gasteiger charge is 2.31. The molecule has 1 N–H and O–H groups in total. The highest BCUT2D eigenvalue weighted by Crippen LogP contribution is 2.41. The van der Waals surface area contributed by atoms with Crippen LogP contribution < -0.4 is 25.1 Å². The fourth-order valence-electron chi connectivity index (χ4n) is 7.05. The van der Waals surface area contributed by atoms with E-state index in [2.05, 4.69) is 54.5 Å². The number of piperidine rings is 1. The van der Waals surface area contributed by atoms with E-state index in [1.807, 2.05) is 49.8 Å². The van der Waals surface area contributed by atoms with Crippen molar-refractivity contribution < 1.29 is 13.9 Å². The van der Waals surface area contributed by atoms with E-state index < -0.39 is 5.82 Å². The van der Waals surface area contributed by atoms with Gasteiger partial charge in [-0.1, -0.05) is 13.0 Å². The van der Waals surface area contributed by atoms with Crippen molar-refractivity contribution >= 4 is 22.4 Å². The Bertz CT molecular complexity index is 2020. The fourth-order valence-corrected chi connectivity index (χ4v) is 7.05. The van der Waals surface area contributed by atoms with Gasteiger partial charge in [-0.15, -0.1) is 0 Å². The van der Waals surface area contributed by atoms with E-state index in [-0.39, 0.29) is 23.1 Å². The number of rotatable bonds is 10. The fraction of sp³-hybridized carbons (Fsp3) is 0.368. The van der Waals surface area contributed by atoms with Crippen LogP contribution in [0.5, 0.6) is 11.6 Å². The van der Waals surface area contributed by atoms with E-state index in [1.165, 1.54) is 6.07 Å². The molecule has 2 unspecified atom stereocenters. The minimum Gasteiger partial charge on any atom is -0.488 e. The number of aromatic nitrogens is 4. The topological polar surface area (TPSA) is 97.6 Å². The third-order valence-corrected chi connectivity index (χ3v) is 9.78. The summed E-state index contributed by atoms with van der Waals surface area (Å²) in [6, 6.07) is 13.2. The van der Waals surface area contributed by atoms with Crippen molar-refractivity contribution in [2.75, 3.05) is 44.1 Å². The number of benzene rings is 1. The molecule has 1 aromatic carbocycles. The van der Waals surface area contributed by atoms with E-state index in [9.17, 15) is 4.79 Å². The highest BCUT2D eigenvalue weighted by molar-refractivity contribution is 5.93. The molecule has 10 nitrogen and oxygen atoms in total. The van der Waals surface area contributed by atoms with Crippen LogP contribution in [0.1, 0.15) is 49.4 Å². The van der Waals surface area contributed by atoms with Crippen LogP contribution in [-0.4, -0.2) is 64.3 Å². The summed E-state index contributed by atoms with van der Waals surface area (Å²) >= 11 is 0. The molecule has 11 heteroatoms. The van der Waals surface area contributed by atoms with Crippen LogP contribution in [0.25, 0.3) is 22.2 Å². The van der Waals surface area contributed by atoms with Gasteiger partial charge in [-0.25, -0.2) is 14.4 Å². The average Bonchev–Trinajstić information content (AvgIpc) is 3.14. The summed E-state index contributed by atoms with van der Waals surface area (Å²) in [7, 11) is 3.47. The van der Waals surface area contributed by atoms with Crippen molar-refractivity contribution in [3.8, 4) is 22.9 Å². The second kappa shape index (κ2) is 13.8. The molecule has 2 aliphatic heterocycles. The molecule has 6 heterocycles. The lowest BCUT2D eigenvalue weighted by Gasteiger charge is -2.40. The number of halogens is 1. The largest absolute Gasteiger partial charge is 0.488 e. The third-order valence-electron chi connectivity index (χ3n) is 9.78. The number of hydrogen-bond acceptors (Lipinski definition) is 9. The standard InChI is InChI=1S/C38H42FN7O3/c1-5-25-8-10-32(42-17-25)35-31(39)16-30-36-38(35)49-23-24(2)46(36)21-27(37(30)47)20-45(19-26-12-13-41-34(15-26)48-4)29-7-6-14-44(22-29)28-9-11-33(40-3)43-18-28/h8-13,15-18,21,24,29H,5-7,14,19-20,22-23H2,1-4H3,(H,40,43). The van der Waals surface area contributed by atoms with E-state index in [4.69, 9.17) is 9.47 Å². The van der Waals surface area contributed by atoms with Crippen LogP contribution in [0.15, 0.2) is 72.0 Å².